The number of esters is 2. The van der Waals surface area contributed by atoms with Gasteiger partial charge in [0.05, 0.1) is 11.8 Å². The molecular weight excluding hydrogens is 745 g/mol. The Bertz CT molecular complexity index is 898. The predicted molar refractivity (Wildman–Crippen MR) is 255 cm³/mol. The summed E-state index contributed by atoms with van der Waals surface area (Å²) in [6, 6.07) is 0. The average Bonchev–Trinajstić information content (AvgIpc) is 3.70. The summed E-state index contributed by atoms with van der Waals surface area (Å²) in [7, 11) is 3.94. The van der Waals surface area contributed by atoms with Crippen molar-refractivity contribution in [1.82, 2.24) is 9.80 Å². The molecular formula is C53H102N2O5. The van der Waals surface area contributed by atoms with Crippen molar-refractivity contribution >= 4 is 17.8 Å². The van der Waals surface area contributed by atoms with Crippen molar-refractivity contribution in [1.29, 1.82) is 0 Å². The van der Waals surface area contributed by atoms with Crippen LogP contribution >= 0.6 is 0 Å². The molecule has 354 valence electrons. The Morgan fingerprint density at radius 3 is 0.933 bits per heavy atom. The van der Waals surface area contributed by atoms with Gasteiger partial charge in [0.1, 0.15) is 12.2 Å². The SMILES string of the molecule is CCCCCCCCCCC(CCCCCCCCCC)OC(=O)C1CN(C(=O)CCN(C)C)CC1C(=O)OC(CCCCCCCCCC)CCCCCCCCCC. The third kappa shape index (κ3) is 30.4. The molecule has 1 fully saturated rings. The third-order valence-corrected chi connectivity index (χ3v) is 13.1. The first-order chi connectivity index (χ1) is 29.3. The summed E-state index contributed by atoms with van der Waals surface area (Å²) in [6.45, 7) is 10.2. The van der Waals surface area contributed by atoms with Gasteiger partial charge in [-0.05, 0) is 65.5 Å². The summed E-state index contributed by atoms with van der Waals surface area (Å²) in [5.41, 5.74) is 0. The van der Waals surface area contributed by atoms with Crippen LogP contribution in [0, 0.1) is 11.8 Å². The lowest BCUT2D eigenvalue weighted by Crippen LogP contribution is -2.35. The highest BCUT2D eigenvalue weighted by atomic mass is 16.6. The van der Waals surface area contributed by atoms with Crippen LogP contribution in [0.25, 0.3) is 0 Å². The van der Waals surface area contributed by atoms with Gasteiger partial charge in [0.2, 0.25) is 5.91 Å². The molecule has 1 heterocycles. The quantitative estimate of drug-likeness (QED) is 0.0449. The number of carbonyl (C=O) groups is 3. The van der Waals surface area contributed by atoms with Gasteiger partial charge in [0, 0.05) is 26.1 Å². The highest BCUT2D eigenvalue weighted by Gasteiger charge is 2.46. The maximum Gasteiger partial charge on any atom is 0.311 e. The molecule has 0 aromatic carbocycles. The van der Waals surface area contributed by atoms with E-state index in [0.717, 1.165) is 51.4 Å². The van der Waals surface area contributed by atoms with Crippen molar-refractivity contribution < 1.29 is 23.9 Å². The Morgan fingerprint density at radius 2 is 0.683 bits per heavy atom. The zero-order valence-electron chi connectivity index (χ0n) is 41.0. The molecule has 0 aromatic heterocycles. The number of ether oxygens (including phenoxy) is 2. The number of carbonyl (C=O) groups excluding carboxylic acids is 3. The lowest BCUT2D eigenvalue weighted by molar-refractivity contribution is -0.165. The Balaban J connectivity index is 3.03. The number of unbranched alkanes of at least 4 members (excludes halogenated alkanes) is 28. The summed E-state index contributed by atoms with van der Waals surface area (Å²) >= 11 is 0. The lowest BCUT2D eigenvalue weighted by atomic mass is 9.95. The van der Waals surface area contributed by atoms with E-state index >= 15 is 0 Å². The van der Waals surface area contributed by atoms with Gasteiger partial charge in [-0.2, -0.15) is 0 Å². The Kier molecular flexibility index (Phi) is 37.7. The van der Waals surface area contributed by atoms with E-state index < -0.39 is 11.8 Å². The van der Waals surface area contributed by atoms with Crippen molar-refractivity contribution in [3.63, 3.8) is 0 Å². The van der Waals surface area contributed by atoms with Gasteiger partial charge in [-0.1, -0.05) is 207 Å². The number of hydrogen-bond acceptors (Lipinski definition) is 6. The highest BCUT2D eigenvalue weighted by Crippen LogP contribution is 2.30. The zero-order valence-corrected chi connectivity index (χ0v) is 41.0. The van der Waals surface area contributed by atoms with Crippen LogP contribution in [0.15, 0.2) is 0 Å². The van der Waals surface area contributed by atoms with Crippen molar-refractivity contribution in [2.24, 2.45) is 11.8 Å². The Labute approximate surface area is 373 Å². The molecule has 0 aliphatic carbocycles. The van der Waals surface area contributed by atoms with Crippen LogP contribution in [0.4, 0.5) is 0 Å². The van der Waals surface area contributed by atoms with Crippen LogP contribution in [-0.2, 0) is 23.9 Å². The molecule has 60 heavy (non-hydrogen) atoms. The molecule has 1 aliphatic rings. The van der Waals surface area contributed by atoms with Crippen LogP contribution in [0.2, 0.25) is 0 Å². The Hall–Kier alpha value is -1.63. The van der Waals surface area contributed by atoms with Crippen LogP contribution in [0.1, 0.15) is 265 Å². The smallest absolute Gasteiger partial charge is 0.311 e. The van der Waals surface area contributed by atoms with E-state index in [-0.39, 0.29) is 43.1 Å². The fourth-order valence-corrected chi connectivity index (χ4v) is 9.01. The molecule has 1 aliphatic heterocycles. The molecule has 1 saturated heterocycles. The molecule has 7 nitrogen and oxygen atoms in total. The summed E-state index contributed by atoms with van der Waals surface area (Å²) in [6.07, 6.45) is 43.6. The maximum atomic E-state index is 14.3. The molecule has 0 radical (unpaired) electrons. The van der Waals surface area contributed by atoms with Gasteiger partial charge in [0.15, 0.2) is 0 Å². The predicted octanol–water partition coefficient (Wildman–Crippen LogP) is 15.0. The minimum atomic E-state index is -0.674. The molecule has 0 aromatic rings. The van der Waals surface area contributed by atoms with Gasteiger partial charge < -0.3 is 19.3 Å². The van der Waals surface area contributed by atoms with E-state index in [1.807, 2.05) is 19.0 Å². The molecule has 1 amide bonds. The second kappa shape index (κ2) is 40.2. The second-order valence-electron chi connectivity index (χ2n) is 19.2. The van der Waals surface area contributed by atoms with E-state index in [1.165, 1.54) is 180 Å². The van der Waals surface area contributed by atoms with Crippen molar-refractivity contribution in [2.75, 3.05) is 33.7 Å². The van der Waals surface area contributed by atoms with E-state index in [1.54, 1.807) is 4.90 Å². The molecule has 0 saturated carbocycles. The zero-order chi connectivity index (χ0) is 43.9. The van der Waals surface area contributed by atoms with E-state index in [4.69, 9.17) is 9.47 Å². The highest BCUT2D eigenvalue weighted by molar-refractivity contribution is 5.86. The van der Waals surface area contributed by atoms with Crippen LogP contribution < -0.4 is 0 Å². The van der Waals surface area contributed by atoms with Gasteiger partial charge >= 0.3 is 11.9 Å². The molecule has 1 rings (SSSR count). The van der Waals surface area contributed by atoms with Crippen molar-refractivity contribution in [3.05, 3.63) is 0 Å². The fourth-order valence-electron chi connectivity index (χ4n) is 9.01. The van der Waals surface area contributed by atoms with Crippen LogP contribution in [-0.4, -0.2) is 73.6 Å². The van der Waals surface area contributed by atoms with Crippen LogP contribution in [0.5, 0.6) is 0 Å². The van der Waals surface area contributed by atoms with Crippen molar-refractivity contribution in [3.8, 4) is 0 Å². The summed E-state index contributed by atoms with van der Waals surface area (Å²) in [4.78, 5) is 45.7. The summed E-state index contributed by atoms with van der Waals surface area (Å²) in [5, 5.41) is 0. The molecule has 0 N–H and O–H groups in total. The molecule has 7 heteroatoms. The van der Waals surface area contributed by atoms with Crippen LogP contribution in [0.3, 0.4) is 0 Å². The standard InChI is InChI=1S/C53H102N2O5/c1-7-11-15-19-23-27-31-35-39-47(40-36-32-28-24-20-16-12-8-2)59-52(57)49-45-55(51(56)43-44-54(5)6)46-50(49)53(58)60-48(41-37-33-29-25-21-17-13-9-3)42-38-34-30-26-22-18-14-10-4/h47-50H,7-46H2,1-6H3. The van der Waals surface area contributed by atoms with E-state index in [2.05, 4.69) is 27.7 Å². The average molecular weight is 847 g/mol. The first-order valence-electron chi connectivity index (χ1n) is 26.6. The van der Waals surface area contributed by atoms with Gasteiger partial charge in [-0.3, -0.25) is 14.4 Å². The number of hydrogen-bond donors (Lipinski definition) is 0. The third-order valence-electron chi connectivity index (χ3n) is 13.1. The molecule has 0 bridgehead atoms. The fraction of sp³-hybridized carbons (Fsp3) is 0.943. The Morgan fingerprint density at radius 1 is 0.433 bits per heavy atom. The van der Waals surface area contributed by atoms with Gasteiger partial charge in [-0.15, -0.1) is 0 Å². The normalized spacial score (nSPS) is 15.5. The summed E-state index contributed by atoms with van der Waals surface area (Å²) < 4.78 is 12.9. The van der Waals surface area contributed by atoms with Crippen molar-refractivity contribution in [2.45, 2.75) is 277 Å². The molecule has 2 unspecified atom stereocenters. The maximum absolute atomic E-state index is 14.3. The molecule has 0 spiro atoms. The summed E-state index contributed by atoms with van der Waals surface area (Å²) in [5.74, 6) is -1.95. The first kappa shape index (κ1) is 56.4. The number of nitrogens with zero attached hydrogens (tertiary/aromatic N) is 2. The second-order valence-corrected chi connectivity index (χ2v) is 19.2. The largest absolute Gasteiger partial charge is 0.462 e. The number of rotatable bonds is 43. The number of amides is 1. The minimum absolute atomic E-state index is 0.000599. The van der Waals surface area contributed by atoms with Gasteiger partial charge in [-0.25, -0.2) is 0 Å². The monoisotopic (exact) mass is 847 g/mol. The first-order valence-corrected chi connectivity index (χ1v) is 26.6. The van der Waals surface area contributed by atoms with Gasteiger partial charge in [0.25, 0.3) is 0 Å². The van der Waals surface area contributed by atoms with E-state index in [9.17, 15) is 14.4 Å². The molecule has 2 atom stereocenters. The van der Waals surface area contributed by atoms with E-state index in [0.29, 0.717) is 13.0 Å². The minimum Gasteiger partial charge on any atom is -0.462 e. The topological polar surface area (TPSA) is 76.2 Å². The number of likely N-dealkylation sites (tertiary alicyclic amines) is 1. The lowest BCUT2D eigenvalue weighted by Gasteiger charge is -2.24.